The number of carbonyl (C=O) groups is 1. The zero-order valence-electron chi connectivity index (χ0n) is 7.18. The average molecular weight is 210 g/mol. The van der Waals surface area contributed by atoms with Gasteiger partial charge >= 0.3 is 0 Å². The van der Waals surface area contributed by atoms with Gasteiger partial charge in [0.15, 0.2) is 0 Å². The van der Waals surface area contributed by atoms with Gasteiger partial charge < -0.3 is 0 Å². The molecule has 1 amide bonds. The maximum absolute atomic E-state index is 11.4. The lowest BCUT2D eigenvalue weighted by Crippen LogP contribution is -2.11. The number of hydrogen-bond acceptors (Lipinski definition) is 6. The lowest BCUT2D eigenvalue weighted by Gasteiger charge is -1.94. The van der Waals surface area contributed by atoms with Crippen molar-refractivity contribution in [1.29, 1.82) is 0 Å². The van der Waals surface area contributed by atoms with E-state index in [2.05, 4.69) is 30.1 Å². The molecule has 7 nitrogen and oxygen atoms in total. The minimum Gasteiger partial charge on any atom is -0.288 e. The number of aryl methyl sites for hydroxylation is 1. The van der Waals surface area contributed by atoms with Crippen LogP contribution in [0.5, 0.6) is 0 Å². The van der Waals surface area contributed by atoms with Gasteiger partial charge in [-0.25, -0.2) is 0 Å². The van der Waals surface area contributed by atoms with Crippen LogP contribution in [0.2, 0.25) is 0 Å². The molecule has 0 radical (unpaired) electrons. The van der Waals surface area contributed by atoms with E-state index in [1.165, 1.54) is 6.20 Å². The first-order valence-corrected chi connectivity index (χ1v) is 4.51. The first-order valence-electron chi connectivity index (χ1n) is 3.73. The number of amides is 1. The highest BCUT2D eigenvalue weighted by Gasteiger charge is 2.10. The Bertz CT molecular complexity index is 435. The van der Waals surface area contributed by atoms with E-state index in [1.54, 1.807) is 6.92 Å². The molecule has 0 saturated heterocycles. The molecule has 0 aromatic carbocycles. The molecule has 0 unspecified atom stereocenters. The van der Waals surface area contributed by atoms with Crippen LogP contribution in [-0.2, 0) is 0 Å². The maximum atomic E-state index is 11.4. The number of aromatic amines is 1. The van der Waals surface area contributed by atoms with Gasteiger partial charge in [-0.3, -0.25) is 15.2 Å². The molecule has 2 aromatic heterocycles. The molecule has 0 aliphatic rings. The van der Waals surface area contributed by atoms with E-state index in [-0.39, 0.29) is 11.9 Å². The lowest BCUT2D eigenvalue weighted by atomic mass is 10.5. The van der Waals surface area contributed by atoms with Crippen molar-refractivity contribution in [3.63, 3.8) is 0 Å². The van der Waals surface area contributed by atoms with Crippen LogP contribution < -0.4 is 5.32 Å². The van der Waals surface area contributed by atoms with Gasteiger partial charge in [0, 0.05) is 0 Å². The van der Waals surface area contributed by atoms with Crippen LogP contribution in [0.15, 0.2) is 6.20 Å². The first kappa shape index (κ1) is 8.75. The van der Waals surface area contributed by atoms with Crippen molar-refractivity contribution in [1.82, 2.24) is 24.8 Å². The number of carbonyl (C=O) groups excluding carboxylic acids is 1. The van der Waals surface area contributed by atoms with Crippen molar-refractivity contribution in [2.75, 3.05) is 5.32 Å². The van der Waals surface area contributed by atoms with Crippen LogP contribution in [0.25, 0.3) is 0 Å². The molecule has 8 heteroatoms. The fourth-order valence-electron chi connectivity index (χ4n) is 0.829. The molecule has 0 spiro atoms. The van der Waals surface area contributed by atoms with Crippen LogP contribution in [0.3, 0.4) is 0 Å². The first-order chi connectivity index (χ1) is 6.75. The predicted octanol–water partition coefficient (Wildman–Crippen LogP) is 0.217. The Morgan fingerprint density at radius 3 is 3.07 bits per heavy atom. The molecule has 0 atom stereocenters. The van der Waals surface area contributed by atoms with Crippen LogP contribution >= 0.6 is 11.5 Å². The molecule has 0 saturated carbocycles. The third-order valence-electron chi connectivity index (χ3n) is 1.41. The highest BCUT2D eigenvalue weighted by molar-refractivity contribution is 7.07. The van der Waals surface area contributed by atoms with E-state index < -0.39 is 0 Å². The Morgan fingerprint density at radius 2 is 2.50 bits per heavy atom. The Labute approximate surface area is 82.7 Å². The van der Waals surface area contributed by atoms with Gasteiger partial charge in [0.05, 0.1) is 6.20 Å². The largest absolute Gasteiger partial charge is 0.288 e. The molecule has 0 aliphatic heterocycles. The highest BCUT2D eigenvalue weighted by Crippen LogP contribution is 2.05. The summed E-state index contributed by atoms with van der Waals surface area (Å²) in [6, 6.07) is 0. The van der Waals surface area contributed by atoms with Crippen molar-refractivity contribution in [2.45, 2.75) is 6.92 Å². The predicted molar refractivity (Wildman–Crippen MR) is 49.0 cm³/mol. The van der Waals surface area contributed by atoms with Crippen molar-refractivity contribution >= 4 is 23.4 Å². The number of aromatic nitrogens is 5. The van der Waals surface area contributed by atoms with E-state index in [0.29, 0.717) is 10.7 Å². The van der Waals surface area contributed by atoms with E-state index in [9.17, 15) is 4.79 Å². The molecule has 0 bridgehead atoms. The maximum Gasteiger partial charge on any atom is 0.271 e. The molecular formula is C6H6N6OS. The smallest absolute Gasteiger partial charge is 0.271 e. The molecule has 2 heterocycles. The molecule has 0 aliphatic carbocycles. The fourth-order valence-corrected chi connectivity index (χ4v) is 1.24. The summed E-state index contributed by atoms with van der Waals surface area (Å²) in [6.45, 7) is 1.75. The zero-order chi connectivity index (χ0) is 9.97. The number of anilines is 1. The van der Waals surface area contributed by atoms with Gasteiger partial charge in [-0.05, 0) is 18.5 Å². The summed E-state index contributed by atoms with van der Waals surface area (Å²) in [7, 11) is 0. The second kappa shape index (κ2) is 3.50. The molecule has 2 rings (SSSR count). The summed E-state index contributed by atoms with van der Waals surface area (Å²) in [5.74, 6) is 0.586. The van der Waals surface area contributed by atoms with E-state index >= 15 is 0 Å². The Morgan fingerprint density at radius 1 is 1.64 bits per heavy atom. The summed E-state index contributed by atoms with van der Waals surface area (Å²) < 4.78 is 3.57. The second-order valence-electron chi connectivity index (χ2n) is 2.48. The second-order valence-corrected chi connectivity index (χ2v) is 3.27. The topological polar surface area (TPSA) is 96.5 Å². The Hall–Kier alpha value is -1.83. The third kappa shape index (κ3) is 1.74. The molecule has 2 aromatic rings. The van der Waals surface area contributed by atoms with Crippen LogP contribution in [0.1, 0.15) is 15.5 Å². The van der Waals surface area contributed by atoms with E-state index in [1.807, 2.05) is 0 Å². The molecule has 14 heavy (non-hydrogen) atoms. The van der Waals surface area contributed by atoms with Gasteiger partial charge in [0.2, 0.25) is 5.95 Å². The standard InChI is InChI=1S/C6H6N6OS/c1-3-8-6(11-10-3)9-5(13)4-2-7-12-14-4/h2H,1H3,(H2,8,9,10,11,13). The van der Waals surface area contributed by atoms with Gasteiger partial charge in [0.25, 0.3) is 5.91 Å². The van der Waals surface area contributed by atoms with Crippen molar-refractivity contribution in [3.05, 3.63) is 16.9 Å². The Kier molecular flexibility index (Phi) is 2.19. The quantitative estimate of drug-likeness (QED) is 0.738. The number of H-pyrrole nitrogens is 1. The summed E-state index contributed by atoms with van der Waals surface area (Å²) in [5.41, 5.74) is 0. The third-order valence-corrected chi connectivity index (χ3v) is 2.07. The number of hydrogen-bond donors (Lipinski definition) is 2. The number of rotatable bonds is 2. The molecule has 72 valence electrons. The highest BCUT2D eigenvalue weighted by atomic mass is 32.1. The van der Waals surface area contributed by atoms with Crippen molar-refractivity contribution < 1.29 is 4.79 Å². The molecule has 2 N–H and O–H groups in total. The van der Waals surface area contributed by atoms with Gasteiger partial charge in [-0.15, -0.1) is 10.2 Å². The van der Waals surface area contributed by atoms with Gasteiger partial charge in [0.1, 0.15) is 10.7 Å². The number of nitrogens with one attached hydrogen (secondary N) is 2. The fraction of sp³-hybridized carbons (Fsp3) is 0.167. The Balaban J connectivity index is 2.09. The minimum atomic E-state index is -0.306. The minimum absolute atomic E-state index is 0.251. The summed E-state index contributed by atoms with van der Waals surface area (Å²) >= 11 is 1.02. The SMILES string of the molecule is Cc1nc(NC(=O)c2cnns2)n[nH]1. The van der Waals surface area contributed by atoms with E-state index in [4.69, 9.17) is 0 Å². The summed E-state index contributed by atoms with van der Waals surface area (Å²) in [5, 5.41) is 12.4. The summed E-state index contributed by atoms with van der Waals surface area (Å²) in [4.78, 5) is 15.8. The normalized spacial score (nSPS) is 10.1. The van der Waals surface area contributed by atoms with Crippen LogP contribution in [0.4, 0.5) is 5.95 Å². The van der Waals surface area contributed by atoms with E-state index in [0.717, 1.165) is 11.5 Å². The summed E-state index contributed by atoms with van der Waals surface area (Å²) in [6.07, 6.45) is 1.39. The van der Waals surface area contributed by atoms with Crippen LogP contribution in [0, 0.1) is 6.92 Å². The zero-order valence-corrected chi connectivity index (χ0v) is 8.00. The monoisotopic (exact) mass is 210 g/mol. The van der Waals surface area contributed by atoms with Crippen molar-refractivity contribution in [3.8, 4) is 0 Å². The molecular weight excluding hydrogens is 204 g/mol. The van der Waals surface area contributed by atoms with Gasteiger partial charge in [-0.1, -0.05) is 4.49 Å². The number of nitrogens with zero attached hydrogens (tertiary/aromatic N) is 4. The lowest BCUT2D eigenvalue weighted by molar-refractivity contribution is 0.102. The molecule has 0 fully saturated rings. The van der Waals surface area contributed by atoms with Crippen molar-refractivity contribution in [2.24, 2.45) is 0 Å². The van der Waals surface area contributed by atoms with Crippen LogP contribution in [-0.4, -0.2) is 30.7 Å². The average Bonchev–Trinajstić information content (AvgIpc) is 2.75. The van der Waals surface area contributed by atoms with Gasteiger partial charge in [-0.2, -0.15) is 4.98 Å².